The van der Waals surface area contributed by atoms with E-state index in [9.17, 15) is 9.18 Å². The van der Waals surface area contributed by atoms with Gasteiger partial charge >= 0.3 is 0 Å². The summed E-state index contributed by atoms with van der Waals surface area (Å²) in [4.78, 5) is 15.9. The van der Waals surface area contributed by atoms with Crippen LogP contribution >= 0.6 is 23.5 Å². The van der Waals surface area contributed by atoms with Gasteiger partial charge in [-0.2, -0.15) is 11.8 Å². The fourth-order valence-corrected chi connectivity index (χ4v) is 4.53. The van der Waals surface area contributed by atoms with Crippen LogP contribution in [0.4, 0.5) is 4.39 Å². The molecule has 1 aliphatic heterocycles. The van der Waals surface area contributed by atoms with Gasteiger partial charge in [0, 0.05) is 28.0 Å². The van der Waals surface area contributed by atoms with Crippen LogP contribution in [0.25, 0.3) is 0 Å². The Morgan fingerprint density at radius 2 is 2.18 bits per heavy atom. The van der Waals surface area contributed by atoms with Crippen LogP contribution in [0.15, 0.2) is 18.5 Å². The molecule has 0 amide bonds. The van der Waals surface area contributed by atoms with E-state index in [1.54, 1.807) is 23.5 Å². The van der Waals surface area contributed by atoms with Crippen molar-refractivity contribution in [1.82, 2.24) is 4.98 Å². The number of halogens is 1. The smallest absolute Gasteiger partial charge is 0.178 e. The lowest BCUT2D eigenvalue weighted by molar-refractivity contribution is 0.0994. The Bertz CT molecular complexity index is 427. The normalized spacial score (nSPS) is 29.0. The average Bonchev–Trinajstić information content (AvgIpc) is 2.32. The minimum absolute atomic E-state index is 0.00625. The lowest BCUT2D eigenvalue weighted by Crippen LogP contribution is -2.31. The number of hydrogen-bond donors (Lipinski definition) is 0. The number of pyridine rings is 1. The van der Waals surface area contributed by atoms with Gasteiger partial charge in [-0.15, -0.1) is 11.8 Å². The predicted molar refractivity (Wildman–Crippen MR) is 71.3 cm³/mol. The maximum Gasteiger partial charge on any atom is 0.178 e. The number of carbonyl (C=O) groups is 1. The summed E-state index contributed by atoms with van der Waals surface area (Å²) in [5, 5.41) is 0.939. The largest absolute Gasteiger partial charge is 0.293 e. The summed E-state index contributed by atoms with van der Waals surface area (Å²) in [7, 11) is 0. The van der Waals surface area contributed by atoms with Gasteiger partial charge in [-0.25, -0.2) is 4.39 Å². The maximum absolute atomic E-state index is 13.0. The predicted octanol–water partition coefficient (Wildman–Crippen LogP) is 3.03. The summed E-state index contributed by atoms with van der Waals surface area (Å²) >= 11 is 3.49. The molecule has 2 heterocycles. The molecule has 1 aliphatic rings. The van der Waals surface area contributed by atoms with Crippen molar-refractivity contribution in [3.05, 3.63) is 29.8 Å². The molecule has 5 heteroatoms. The summed E-state index contributed by atoms with van der Waals surface area (Å²) in [6.07, 6.45) is 2.56. The van der Waals surface area contributed by atoms with Gasteiger partial charge in [-0.1, -0.05) is 13.8 Å². The summed E-state index contributed by atoms with van der Waals surface area (Å²) in [6, 6.07) is 1.27. The Labute approximate surface area is 109 Å². The highest BCUT2D eigenvalue weighted by molar-refractivity contribution is 8.08. The Morgan fingerprint density at radius 1 is 1.41 bits per heavy atom. The van der Waals surface area contributed by atoms with E-state index >= 15 is 0 Å². The van der Waals surface area contributed by atoms with Crippen molar-refractivity contribution >= 4 is 29.3 Å². The van der Waals surface area contributed by atoms with Gasteiger partial charge in [0.1, 0.15) is 5.82 Å². The molecule has 1 saturated heterocycles. The van der Waals surface area contributed by atoms with Gasteiger partial charge in [0.05, 0.1) is 11.4 Å². The van der Waals surface area contributed by atoms with Crippen LogP contribution in [-0.4, -0.2) is 32.3 Å². The van der Waals surface area contributed by atoms with Crippen LogP contribution in [-0.2, 0) is 0 Å². The average molecular weight is 271 g/mol. The lowest BCUT2D eigenvalue weighted by Gasteiger charge is -2.30. The Balaban J connectivity index is 2.10. The number of ketones is 1. The molecule has 0 bridgehead atoms. The van der Waals surface area contributed by atoms with Crippen LogP contribution in [0.3, 0.4) is 0 Å². The second-order valence-electron chi connectivity index (χ2n) is 4.12. The van der Waals surface area contributed by atoms with E-state index in [4.69, 9.17) is 0 Å². The molecule has 3 unspecified atom stereocenters. The lowest BCUT2D eigenvalue weighted by atomic mass is 10.1. The second kappa shape index (κ2) is 5.40. The standard InChI is InChI=1S/C12H14FNOS2/c1-7-8(2)17-11(6-16-7)12(15)9-3-10(13)5-14-4-9/h3-5,7-8,11H,6H2,1-2H3. The van der Waals surface area contributed by atoms with Crippen molar-refractivity contribution < 1.29 is 9.18 Å². The van der Waals surface area contributed by atoms with Crippen LogP contribution in [0, 0.1) is 5.82 Å². The molecule has 1 fully saturated rings. The first-order chi connectivity index (χ1) is 8.08. The minimum atomic E-state index is -0.453. The second-order valence-corrected chi connectivity index (χ2v) is 7.12. The van der Waals surface area contributed by atoms with Crippen molar-refractivity contribution in [1.29, 1.82) is 0 Å². The first-order valence-corrected chi connectivity index (χ1v) is 7.49. The molecule has 0 radical (unpaired) electrons. The Hall–Kier alpha value is -0.550. The van der Waals surface area contributed by atoms with Crippen LogP contribution in [0.1, 0.15) is 24.2 Å². The number of Topliss-reactive ketones (excluding diaryl/α,β-unsaturated/α-hetero) is 1. The molecule has 0 N–H and O–H groups in total. The van der Waals surface area contributed by atoms with E-state index in [0.717, 1.165) is 11.9 Å². The van der Waals surface area contributed by atoms with Crippen LogP contribution in [0.5, 0.6) is 0 Å². The molecule has 2 rings (SSSR count). The number of thioether (sulfide) groups is 2. The quantitative estimate of drug-likeness (QED) is 0.773. The van der Waals surface area contributed by atoms with Crippen molar-refractivity contribution in [2.45, 2.75) is 29.6 Å². The molecule has 1 aromatic rings. The number of hydrogen-bond acceptors (Lipinski definition) is 4. The topological polar surface area (TPSA) is 30.0 Å². The highest BCUT2D eigenvalue weighted by Crippen LogP contribution is 2.36. The van der Waals surface area contributed by atoms with Crippen molar-refractivity contribution in [2.75, 3.05) is 5.75 Å². The third kappa shape index (κ3) is 3.01. The van der Waals surface area contributed by atoms with Gasteiger partial charge in [0.15, 0.2) is 5.78 Å². The number of carbonyl (C=O) groups excluding carboxylic acids is 1. The van der Waals surface area contributed by atoms with Crippen LogP contribution in [0.2, 0.25) is 0 Å². The monoisotopic (exact) mass is 271 g/mol. The fourth-order valence-electron chi connectivity index (χ4n) is 1.65. The zero-order valence-corrected chi connectivity index (χ0v) is 11.4. The molecule has 0 aromatic carbocycles. The third-order valence-electron chi connectivity index (χ3n) is 2.83. The summed E-state index contributed by atoms with van der Waals surface area (Å²) in [6.45, 7) is 4.30. The molecule has 17 heavy (non-hydrogen) atoms. The Kier molecular flexibility index (Phi) is 4.09. The van der Waals surface area contributed by atoms with Gasteiger partial charge in [-0.05, 0) is 6.07 Å². The van der Waals surface area contributed by atoms with Crippen molar-refractivity contribution in [3.8, 4) is 0 Å². The SMILES string of the molecule is CC1SCC(C(=O)c2cncc(F)c2)SC1C. The van der Waals surface area contributed by atoms with E-state index in [-0.39, 0.29) is 11.0 Å². The highest BCUT2D eigenvalue weighted by Gasteiger charge is 2.31. The fraction of sp³-hybridized carbons (Fsp3) is 0.500. The molecule has 0 spiro atoms. The first kappa shape index (κ1) is 12.9. The summed E-state index contributed by atoms with van der Waals surface area (Å²) in [5.41, 5.74) is 0.379. The molecule has 92 valence electrons. The van der Waals surface area contributed by atoms with E-state index in [0.29, 0.717) is 16.1 Å². The molecule has 0 aliphatic carbocycles. The van der Waals surface area contributed by atoms with E-state index in [1.165, 1.54) is 12.3 Å². The number of aromatic nitrogens is 1. The third-order valence-corrected chi connectivity index (χ3v) is 6.22. The van der Waals surface area contributed by atoms with E-state index < -0.39 is 5.82 Å². The maximum atomic E-state index is 13.0. The minimum Gasteiger partial charge on any atom is -0.293 e. The van der Waals surface area contributed by atoms with E-state index in [2.05, 4.69) is 18.8 Å². The van der Waals surface area contributed by atoms with Gasteiger partial charge < -0.3 is 0 Å². The molecule has 1 aromatic heterocycles. The van der Waals surface area contributed by atoms with Gasteiger partial charge in [0.2, 0.25) is 0 Å². The number of nitrogens with zero attached hydrogens (tertiary/aromatic N) is 1. The van der Waals surface area contributed by atoms with Crippen molar-refractivity contribution in [2.24, 2.45) is 0 Å². The molecule has 0 saturated carbocycles. The highest BCUT2D eigenvalue weighted by atomic mass is 32.2. The van der Waals surface area contributed by atoms with Gasteiger partial charge in [-0.3, -0.25) is 9.78 Å². The Morgan fingerprint density at radius 3 is 2.82 bits per heavy atom. The zero-order valence-electron chi connectivity index (χ0n) is 9.72. The molecule has 3 atom stereocenters. The first-order valence-electron chi connectivity index (χ1n) is 5.49. The van der Waals surface area contributed by atoms with Crippen LogP contribution < -0.4 is 0 Å². The summed E-state index contributed by atoms with van der Waals surface area (Å²) < 4.78 is 13.0. The zero-order chi connectivity index (χ0) is 12.4. The van der Waals surface area contributed by atoms with Crippen molar-refractivity contribution in [3.63, 3.8) is 0 Å². The van der Waals surface area contributed by atoms with Gasteiger partial charge in [0.25, 0.3) is 0 Å². The van der Waals surface area contributed by atoms with E-state index in [1.807, 2.05) is 0 Å². The molecular weight excluding hydrogens is 257 g/mol. The molecular formula is C12H14FNOS2. The number of rotatable bonds is 2. The summed E-state index contributed by atoms with van der Waals surface area (Å²) in [5.74, 6) is 0.338. The molecule has 2 nitrogen and oxygen atoms in total.